The highest BCUT2D eigenvalue weighted by Crippen LogP contribution is 2.25. The fourth-order valence-electron chi connectivity index (χ4n) is 2.59. The van der Waals surface area contributed by atoms with Crippen LogP contribution in [0, 0.1) is 0 Å². The Hall–Kier alpha value is -2.19. The number of furan rings is 1. The van der Waals surface area contributed by atoms with Crippen molar-refractivity contribution in [2.45, 2.75) is 11.1 Å². The highest BCUT2D eigenvalue weighted by molar-refractivity contribution is 7.90. The predicted molar refractivity (Wildman–Crippen MR) is 82.7 cm³/mol. The minimum atomic E-state index is -3.47. The molecule has 2 aromatic rings. The first-order valence-corrected chi connectivity index (χ1v) is 9.07. The van der Waals surface area contributed by atoms with Crippen LogP contribution in [0.15, 0.2) is 46.2 Å². The molecular formula is C15H17N3O4S. The van der Waals surface area contributed by atoms with Gasteiger partial charge < -0.3 is 14.6 Å². The number of rotatable bonds is 3. The largest absolute Gasteiger partial charge is 0.440 e. The van der Waals surface area contributed by atoms with Gasteiger partial charge in [-0.15, -0.1) is 0 Å². The van der Waals surface area contributed by atoms with E-state index in [4.69, 9.17) is 4.42 Å². The Morgan fingerprint density at radius 1 is 1.39 bits per heavy atom. The van der Waals surface area contributed by atoms with Gasteiger partial charge in [0.25, 0.3) is 5.91 Å². The van der Waals surface area contributed by atoms with Crippen LogP contribution in [0.3, 0.4) is 0 Å². The van der Waals surface area contributed by atoms with E-state index < -0.39 is 9.84 Å². The zero-order chi connectivity index (χ0) is 16.4. The summed E-state index contributed by atoms with van der Waals surface area (Å²) in [5.74, 6) is -0.295. The third kappa shape index (κ3) is 3.27. The summed E-state index contributed by atoms with van der Waals surface area (Å²) < 4.78 is 28.2. The predicted octanol–water partition coefficient (Wildman–Crippen LogP) is 0.865. The SMILES string of the molecule is CS(=O)(=O)c1ccc(C(=O)N2CCNCC2c2cccnc2)o1. The van der Waals surface area contributed by atoms with Gasteiger partial charge >= 0.3 is 0 Å². The smallest absolute Gasteiger partial charge is 0.290 e. The normalized spacial score (nSPS) is 18.8. The average molecular weight is 335 g/mol. The molecule has 1 amide bonds. The van der Waals surface area contributed by atoms with Crippen molar-refractivity contribution in [3.63, 3.8) is 0 Å². The molecule has 23 heavy (non-hydrogen) atoms. The first-order chi connectivity index (χ1) is 11.0. The van der Waals surface area contributed by atoms with Crippen molar-refractivity contribution < 1.29 is 17.6 Å². The number of sulfone groups is 1. The number of carbonyl (C=O) groups is 1. The molecule has 1 N–H and O–H groups in total. The molecule has 8 heteroatoms. The van der Waals surface area contributed by atoms with Gasteiger partial charge in [0.15, 0.2) is 5.76 Å². The molecule has 122 valence electrons. The van der Waals surface area contributed by atoms with Gasteiger partial charge in [-0.2, -0.15) is 0 Å². The number of hydrogen-bond acceptors (Lipinski definition) is 6. The molecule has 0 spiro atoms. The first-order valence-electron chi connectivity index (χ1n) is 7.18. The van der Waals surface area contributed by atoms with Crippen molar-refractivity contribution in [3.8, 4) is 0 Å². The van der Waals surface area contributed by atoms with Gasteiger partial charge in [0.2, 0.25) is 14.9 Å². The van der Waals surface area contributed by atoms with E-state index in [9.17, 15) is 13.2 Å². The van der Waals surface area contributed by atoms with Crippen molar-refractivity contribution in [2.75, 3.05) is 25.9 Å². The van der Waals surface area contributed by atoms with E-state index in [1.54, 1.807) is 17.3 Å². The summed E-state index contributed by atoms with van der Waals surface area (Å²) >= 11 is 0. The summed E-state index contributed by atoms with van der Waals surface area (Å²) in [5, 5.41) is 3.05. The molecule has 2 aromatic heterocycles. The number of amides is 1. The maximum atomic E-state index is 12.7. The lowest BCUT2D eigenvalue weighted by molar-refractivity contribution is 0.0595. The first kappa shape index (κ1) is 15.7. The van der Waals surface area contributed by atoms with Crippen LogP contribution in [0.2, 0.25) is 0 Å². The summed E-state index contributed by atoms with van der Waals surface area (Å²) in [6.07, 6.45) is 4.45. The van der Waals surface area contributed by atoms with Gasteiger partial charge in [-0.05, 0) is 23.8 Å². The highest BCUT2D eigenvalue weighted by atomic mass is 32.2. The zero-order valence-electron chi connectivity index (χ0n) is 12.6. The second-order valence-electron chi connectivity index (χ2n) is 5.40. The number of carbonyl (C=O) groups excluding carboxylic acids is 1. The van der Waals surface area contributed by atoms with Crippen molar-refractivity contribution >= 4 is 15.7 Å². The number of pyridine rings is 1. The lowest BCUT2D eigenvalue weighted by Crippen LogP contribution is -2.48. The Balaban J connectivity index is 1.89. The number of piperazine rings is 1. The molecule has 7 nitrogen and oxygen atoms in total. The molecule has 1 aliphatic heterocycles. The van der Waals surface area contributed by atoms with Crippen molar-refractivity contribution in [1.29, 1.82) is 0 Å². The Bertz CT molecular complexity index is 801. The molecule has 0 radical (unpaired) electrons. The maximum Gasteiger partial charge on any atom is 0.290 e. The summed E-state index contributed by atoms with van der Waals surface area (Å²) in [6.45, 7) is 1.78. The number of nitrogens with zero attached hydrogens (tertiary/aromatic N) is 2. The van der Waals surface area contributed by atoms with E-state index in [1.807, 2.05) is 12.1 Å². The monoisotopic (exact) mass is 335 g/mol. The molecule has 1 unspecified atom stereocenters. The average Bonchev–Trinajstić information content (AvgIpc) is 3.05. The van der Waals surface area contributed by atoms with Gasteiger partial charge in [-0.25, -0.2) is 8.42 Å². The van der Waals surface area contributed by atoms with E-state index in [0.29, 0.717) is 19.6 Å². The van der Waals surface area contributed by atoms with Crippen LogP contribution in [-0.4, -0.2) is 50.1 Å². The fourth-order valence-corrected chi connectivity index (χ4v) is 3.15. The molecule has 1 fully saturated rings. The summed E-state index contributed by atoms with van der Waals surface area (Å²) in [6, 6.07) is 6.28. The van der Waals surface area contributed by atoms with Crippen molar-refractivity contribution in [1.82, 2.24) is 15.2 Å². The zero-order valence-corrected chi connectivity index (χ0v) is 13.4. The Morgan fingerprint density at radius 3 is 2.87 bits per heavy atom. The van der Waals surface area contributed by atoms with Gasteiger partial charge in [0, 0.05) is 38.3 Å². The summed E-state index contributed by atoms with van der Waals surface area (Å²) in [7, 11) is -3.47. The molecule has 1 aliphatic rings. The molecule has 0 aliphatic carbocycles. The van der Waals surface area contributed by atoms with Crippen LogP contribution in [0.25, 0.3) is 0 Å². The number of hydrogen-bond donors (Lipinski definition) is 1. The Labute approximate surface area is 134 Å². The van der Waals surface area contributed by atoms with Gasteiger partial charge in [0.05, 0.1) is 6.04 Å². The maximum absolute atomic E-state index is 12.7. The van der Waals surface area contributed by atoms with Gasteiger partial charge in [-0.3, -0.25) is 9.78 Å². The van der Waals surface area contributed by atoms with Crippen LogP contribution in [0.4, 0.5) is 0 Å². The van der Waals surface area contributed by atoms with Crippen molar-refractivity contribution in [3.05, 3.63) is 48.0 Å². The molecule has 1 atom stereocenters. The molecule has 0 bridgehead atoms. The third-order valence-electron chi connectivity index (χ3n) is 3.73. The van der Waals surface area contributed by atoms with Crippen LogP contribution >= 0.6 is 0 Å². The molecule has 0 saturated carbocycles. The van der Waals surface area contributed by atoms with Crippen molar-refractivity contribution in [2.24, 2.45) is 0 Å². The second-order valence-corrected chi connectivity index (χ2v) is 7.34. The summed E-state index contributed by atoms with van der Waals surface area (Å²) in [4.78, 5) is 18.5. The van der Waals surface area contributed by atoms with Crippen LogP contribution in [0.5, 0.6) is 0 Å². The topological polar surface area (TPSA) is 92.5 Å². The molecular weight excluding hydrogens is 318 g/mol. The van der Waals surface area contributed by atoms with E-state index in [0.717, 1.165) is 11.8 Å². The molecule has 3 heterocycles. The third-order valence-corrected chi connectivity index (χ3v) is 4.68. The van der Waals surface area contributed by atoms with E-state index in [-0.39, 0.29) is 22.8 Å². The highest BCUT2D eigenvalue weighted by Gasteiger charge is 2.30. The van der Waals surface area contributed by atoms with Crippen LogP contribution in [0.1, 0.15) is 22.2 Å². The number of aromatic nitrogens is 1. The molecule has 0 aromatic carbocycles. The quantitative estimate of drug-likeness (QED) is 0.894. The standard InChI is InChI=1S/C15H17N3O4S/c1-23(20,21)14-5-4-13(22-14)15(19)18-8-7-17-10-12(18)11-3-2-6-16-9-11/h2-6,9,12,17H,7-8,10H2,1H3. The summed E-state index contributed by atoms with van der Waals surface area (Å²) in [5.41, 5.74) is 0.919. The van der Waals surface area contributed by atoms with Crippen LogP contribution in [-0.2, 0) is 9.84 Å². The Morgan fingerprint density at radius 2 is 2.22 bits per heavy atom. The van der Waals surface area contributed by atoms with Gasteiger partial charge in [0.1, 0.15) is 0 Å². The fraction of sp³-hybridized carbons (Fsp3) is 0.333. The minimum absolute atomic E-state index is 0.0289. The number of nitrogens with one attached hydrogen (secondary N) is 1. The molecule has 3 rings (SSSR count). The molecule has 1 saturated heterocycles. The lowest BCUT2D eigenvalue weighted by atomic mass is 10.1. The Kier molecular flexibility index (Phi) is 4.18. The van der Waals surface area contributed by atoms with E-state index >= 15 is 0 Å². The minimum Gasteiger partial charge on any atom is -0.440 e. The lowest BCUT2D eigenvalue weighted by Gasteiger charge is -2.35. The van der Waals surface area contributed by atoms with E-state index in [1.165, 1.54) is 12.1 Å². The van der Waals surface area contributed by atoms with Gasteiger partial charge in [-0.1, -0.05) is 6.07 Å². The van der Waals surface area contributed by atoms with Crippen LogP contribution < -0.4 is 5.32 Å². The van der Waals surface area contributed by atoms with E-state index in [2.05, 4.69) is 10.3 Å². The second kappa shape index (κ2) is 6.13.